The van der Waals surface area contributed by atoms with Gasteiger partial charge in [-0.1, -0.05) is 18.2 Å². The van der Waals surface area contributed by atoms with Gasteiger partial charge in [0.15, 0.2) is 0 Å². The number of aromatic nitrogens is 2. The maximum Gasteiger partial charge on any atom is 0.255 e. The molecule has 0 radical (unpaired) electrons. The second kappa shape index (κ2) is 5.48. The van der Waals surface area contributed by atoms with E-state index < -0.39 is 0 Å². The van der Waals surface area contributed by atoms with Crippen molar-refractivity contribution in [2.24, 2.45) is 0 Å². The lowest BCUT2D eigenvalue weighted by atomic mass is 10.2. The Balaban J connectivity index is 2.36. The monoisotopic (exact) mass is 259 g/mol. The summed E-state index contributed by atoms with van der Waals surface area (Å²) < 4.78 is 15.1. The lowest BCUT2D eigenvalue weighted by molar-refractivity contribution is 0.0957. The molecule has 1 amide bonds. The SMILES string of the molecule is C=CCNC(=O)c1cnn(-c2ccccc2F)c1C. The molecule has 1 aromatic carbocycles. The van der Waals surface area contributed by atoms with Crippen molar-refractivity contribution in [3.05, 3.63) is 60.2 Å². The summed E-state index contributed by atoms with van der Waals surface area (Å²) >= 11 is 0. The standard InChI is InChI=1S/C14H14FN3O/c1-3-8-16-14(19)11-9-17-18(10(11)2)13-7-5-4-6-12(13)15/h3-7,9H,1,8H2,2H3,(H,16,19). The number of para-hydroxylation sites is 1. The number of halogens is 1. The van der Waals surface area contributed by atoms with Gasteiger partial charge in [0.1, 0.15) is 11.5 Å². The maximum atomic E-state index is 13.7. The smallest absolute Gasteiger partial charge is 0.255 e. The van der Waals surface area contributed by atoms with Gasteiger partial charge < -0.3 is 5.32 Å². The molecule has 2 aromatic rings. The number of rotatable bonds is 4. The molecule has 19 heavy (non-hydrogen) atoms. The Bertz CT molecular complexity index is 619. The van der Waals surface area contributed by atoms with Crippen LogP contribution < -0.4 is 5.32 Å². The van der Waals surface area contributed by atoms with Crippen LogP contribution in [0.4, 0.5) is 4.39 Å². The summed E-state index contributed by atoms with van der Waals surface area (Å²) in [5.41, 5.74) is 1.33. The molecule has 0 aliphatic rings. The summed E-state index contributed by atoms with van der Waals surface area (Å²) in [6.07, 6.45) is 3.02. The molecule has 2 rings (SSSR count). The van der Waals surface area contributed by atoms with Gasteiger partial charge in [-0.2, -0.15) is 5.10 Å². The van der Waals surface area contributed by atoms with Gasteiger partial charge in [0.25, 0.3) is 5.91 Å². The first-order chi connectivity index (χ1) is 9.15. The van der Waals surface area contributed by atoms with Gasteiger partial charge in [0, 0.05) is 6.54 Å². The van der Waals surface area contributed by atoms with E-state index in [1.807, 2.05) is 0 Å². The highest BCUT2D eigenvalue weighted by molar-refractivity contribution is 5.95. The second-order valence-electron chi connectivity index (χ2n) is 4.01. The number of carbonyl (C=O) groups is 1. The fourth-order valence-electron chi connectivity index (χ4n) is 1.76. The molecule has 1 aromatic heterocycles. The highest BCUT2D eigenvalue weighted by Gasteiger charge is 2.15. The summed E-state index contributed by atoms with van der Waals surface area (Å²) in [6.45, 7) is 5.63. The largest absolute Gasteiger partial charge is 0.348 e. The molecule has 0 saturated heterocycles. The zero-order chi connectivity index (χ0) is 13.8. The van der Waals surface area contributed by atoms with Crippen molar-refractivity contribution in [1.82, 2.24) is 15.1 Å². The van der Waals surface area contributed by atoms with Gasteiger partial charge in [-0.15, -0.1) is 6.58 Å². The van der Waals surface area contributed by atoms with Crippen molar-refractivity contribution in [2.75, 3.05) is 6.54 Å². The lowest BCUT2D eigenvalue weighted by Crippen LogP contribution is -2.23. The van der Waals surface area contributed by atoms with E-state index in [2.05, 4.69) is 17.0 Å². The molecular formula is C14H14FN3O. The number of carbonyl (C=O) groups excluding carboxylic acids is 1. The molecule has 0 atom stereocenters. The van der Waals surface area contributed by atoms with Crippen molar-refractivity contribution in [3.63, 3.8) is 0 Å². The minimum atomic E-state index is -0.383. The van der Waals surface area contributed by atoms with E-state index in [0.29, 0.717) is 23.5 Å². The number of nitrogens with zero attached hydrogens (tertiary/aromatic N) is 2. The van der Waals surface area contributed by atoms with Crippen molar-refractivity contribution >= 4 is 5.91 Å². The van der Waals surface area contributed by atoms with Crippen LogP contribution >= 0.6 is 0 Å². The van der Waals surface area contributed by atoms with E-state index in [1.165, 1.54) is 16.9 Å². The summed E-state index contributed by atoms with van der Waals surface area (Å²) in [4.78, 5) is 11.8. The van der Waals surface area contributed by atoms with Crippen LogP contribution in [0.5, 0.6) is 0 Å². The fourth-order valence-corrected chi connectivity index (χ4v) is 1.76. The average molecular weight is 259 g/mol. The molecule has 0 unspecified atom stereocenters. The molecule has 1 N–H and O–H groups in total. The first-order valence-electron chi connectivity index (χ1n) is 5.83. The van der Waals surface area contributed by atoms with Gasteiger partial charge in [0.2, 0.25) is 0 Å². The molecule has 98 valence electrons. The van der Waals surface area contributed by atoms with Crippen LogP contribution in [0.25, 0.3) is 5.69 Å². The van der Waals surface area contributed by atoms with Gasteiger partial charge in [-0.3, -0.25) is 4.79 Å². The molecule has 5 heteroatoms. The molecule has 0 bridgehead atoms. The van der Waals surface area contributed by atoms with Crippen molar-refractivity contribution in [2.45, 2.75) is 6.92 Å². The predicted molar refractivity (Wildman–Crippen MR) is 70.8 cm³/mol. The Hall–Kier alpha value is -2.43. The predicted octanol–water partition coefficient (Wildman–Crippen LogP) is 2.24. The van der Waals surface area contributed by atoms with E-state index in [9.17, 15) is 9.18 Å². The van der Waals surface area contributed by atoms with Crippen LogP contribution in [0.2, 0.25) is 0 Å². The third-order valence-electron chi connectivity index (χ3n) is 2.74. The topological polar surface area (TPSA) is 46.9 Å². The Morgan fingerprint density at radius 3 is 2.95 bits per heavy atom. The Kier molecular flexibility index (Phi) is 3.75. The normalized spacial score (nSPS) is 10.2. The van der Waals surface area contributed by atoms with E-state index >= 15 is 0 Å². The van der Waals surface area contributed by atoms with Crippen LogP contribution in [0.1, 0.15) is 16.1 Å². The van der Waals surface area contributed by atoms with Crippen molar-refractivity contribution in [1.29, 1.82) is 0 Å². The molecule has 1 heterocycles. The van der Waals surface area contributed by atoms with Crippen molar-refractivity contribution in [3.8, 4) is 5.69 Å². The van der Waals surface area contributed by atoms with E-state index in [0.717, 1.165) is 0 Å². The summed E-state index contributed by atoms with van der Waals surface area (Å²) in [6, 6.07) is 6.29. The first kappa shape index (κ1) is 13.0. The molecular weight excluding hydrogens is 245 g/mol. The minimum Gasteiger partial charge on any atom is -0.348 e. The average Bonchev–Trinajstić information content (AvgIpc) is 2.78. The molecule has 4 nitrogen and oxygen atoms in total. The Morgan fingerprint density at radius 1 is 1.53 bits per heavy atom. The van der Waals surface area contributed by atoms with E-state index in [-0.39, 0.29) is 11.7 Å². The van der Waals surface area contributed by atoms with E-state index in [1.54, 1.807) is 31.2 Å². The number of nitrogens with one attached hydrogen (secondary N) is 1. The summed E-state index contributed by atoms with van der Waals surface area (Å²) in [5, 5.41) is 6.73. The highest BCUT2D eigenvalue weighted by Crippen LogP contribution is 2.16. The number of benzene rings is 1. The second-order valence-corrected chi connectivity index (χ2v) is 4.01. The third-order valence-corrected chi connectivity index (χ3v) is 2.74. The Labute approximate surface area is 110 Å². The first-order valence-corrected chi connectivity index (χ1v) is 5.83. The quantitative estimate of drug-likeness (QED) is 0.856. The molecule has 0 aliphatic carbocycles. The lowest BCUT2D eigenvalue weighted by Gasteiger charge is -2.06. The summed E-state index contributed by atoms with van der Waals surface area (Å²) in [7, 11) is 0. The van der Waals surface area contributed by atoms with Gasteiger partial charge in [-0.25, -0.2) is 9.07 Å². The number of hydrogen-bond acceptors (Lipinski definition) is 2. The Morgan fingerprint density at radius 2 is 2.26 bits per heavy atom. The third kappa shape index (κ3) is 2.54. The molecule has 0 aliphatic heterocycles. The molecule has 0 spiro atoms. The van der Waals surface area contributed by atoms with Crippen LogP contribution in [-0.2, 0) is 0 Å². The van der Waals surface area contributed by atoms with Crippen LogP contribution in [0.15, 0.2) is 43.1 Å². The zero-order valence-electron chi connectivity index (χ0n) is 10.6. The van der Waals surface area contributed by atoms with Crippen LogP contribution in [-0.4, -0.2) is 22.2 Å². The molecule has 0 fully saturated rings. The molecule has 0 saturated carbocycles. The number of hydrogen-bond donors (Lipinski definition) is 1. The van der Waals surface area contributed by atoms with Crippen LogP contribution in [0, 0.1) is 12.7 Å². The highest BCUT2D eigenvalue weighted by atomic mass is 19.1. The summed E-state index contributed by atoms with van der Waals surface area (Å²) in [5.74, 6) is -0.633. The van der Waals surface area contributed by atoms with Crippen LogP contribution in [0.3, 0.4) is 0 Å². The maximum absolute atomic E-state index is 13.7. The fraction of sp³-hybridized carbons (Fsp3) is 0.143. The minimum absolute atomic E-state index is 0.250. The van der Waals surface area contributed by atoms with Crippen molar-refractivity contribution < 1.29 is 9.18 Å². The van der Waals surface area contributed by atoms with E-state index in [4.69, 9.17) is 0 Å². The van der Waals surface area contributed by atoms with Gasteiger partial charge >= 0.3 is 0 Å². The zero-order valence-corrected chi connectivity index (χ0v) is 10.6. The number of amides is 1. The van der Waals surface area contributed by atoms with Gasteiger partial charge in [0.05, 0.1) is 17.5 Å². The van der Waals surface area contributed by atoms with Gasteiger partial charge in [-0.05, 0) is 19.1 Å².